The maximum absolute atomic E-state index is 11.6. The molecule has 1 unspecified atom stereocenters. The van der Waals surface area contributed by atoms with Crippen molar-refractivity contribution < 1.29 is 8.42 Å². The van der Waals surface area contributed by atoms with Gasteiger partial charge in [-0.15, -0.1) is 0 Å². The predicted molar refractivity (Wildman–Crippen MR) is 54.8 cm³/mol. The molecule has 1 N–H and O–H groups in total. The monoisotopic (exact) mass is 227 g/mol. The van der Waals surface area contributed by atoms with Gasteiger partial charge < -0.3 is 0 Å². The van der Waals surface area contributed by atoms with Gasteiger partial charge in [-0.2, -0.15) is 0 Å². The third-order valence-corrected chi connectivity index (χ3v) is 3.97. The van der Waals surface area contributed by atoms with Crippen molar-refractivity contribution in [2.24, 2.45) is 5.92 Å². The molecule has 5 nitrogen and oxygen atoms in total. The summed E-state index contributed by atoms with van der Waals surface area (Å²) in [6.45, 7) is 4.50. The Hall–Kier alpha value is -1.01. The molecule has 0 spiro atoms. The molecule has 1 aliphatic rings. The Morgan fingerprint density at radius 3 is 2.73 bits per heavy atom. The fraction of sp³-hybridized carbons (Fsp3) is 0.556. The smallest absolute Gasteiger partial charge is 0.256 e. The standard InChI is InChI=1S/C9H13N3O2S/c1-6(2)7-5-12-15(13,14)9-8(7)10-3-4-11-9/h3-4,6-7,12H,5H2,1-2H3. The van der Waals surface area contributed by atoms with E-state index in [0.29, 0.717) is 18.2 Å². The van der Waals surface area contributed by atoms with Crippen LogP contribution >= 0.6 is 0 Å². The molecular formula is C9H13N3O2S. The molecule has 0 amide bonds. The summed E-state index contributed by atoms with van der Waals surface area (Å²) >= 11 is 0. The van der Waals surface area contributed by atoms with E-state index in [1.165, 1.54) is 12.4 Å². The number of hydrogen-bond acceptors (Lipinski definition) is 4. The SMILES string of the molecule is CC(C)C1CNS(=O)(=O)c2nccnc21. The van der Waals surface area contributed by atoms with Crippen molar-refractivity contribution in [1.82, 2.24) is 14.7 Å². The van der Waals surface area contributed by atoms with Gasteiger partial charge in [-0.1, -0.05) is 13.8 Å². The normalized spacial score (nSPS) is 23.8. The zero-order valence-corrected chi connectivity index (χ0v) is 9.45. The Morgan fingerprint density at radius 2 is 2.07 bits per heavy atom. The van der Waals surface area contributed by atoms with E-state index >= 15 is 0 Å². The predicted octanol–water partition coefficient (Wildman–Crippen LogP) is 0.508. The zero-order valence-electron chi connectivity index (χ0n) is 8.64. The van der Waals surface area contributed by atoms with Crippen molar-refractivity contribution in [2.75, 3.05) is 6.54 Å². The lowest BCUT2D eigenvalue weighted by atomic mass is 9.93. The molecule has 82 valence electrons. The van der Waals surface area contributed by atoms with Gasteiger partial charge in [0, 0.05) is 24.9 Å². The molecule has 1 aliphatic heterocycles. The first-order chi connectivity index (χ1) is 7.02. The van der Waals surface area contributed by atoms with Gasteiger partial charge in [0.05, 0.1) is 5.69 Å². The van der Waals surface area contributed by atoms with Crippen LogP contribution in [0.2, 0.25) is 0 Å². The minimum Gasteiger partial charge on any atom is -0.256 e. The third-order valence-electron chi connectivity index (χ3n) is 2.59. The van der Waals surface area contributed by atoms with Crippen molar-refractivity contribution in [3.8, 4) is 0 Å². The minimum atomic E-state index is -3.43. The van der Waals surface area contributed by atoms with Gasteiger partial charge >= 0.3 is 0 Å². The largest absolute Gasteiger partial charge is 0.259 e. The number of nitrogens with one attached hydrogen (secondary N) is 1. The van der Waals surface area contributed by atoms with E-state index in [-0.39, 0.29) is 10.9 Å². The van der Waals surface area contributed by atoms with Crippen molar-refractivity contribution in [3.05, 3.63) is 18.1 Å². The van der Waals surface area contributed by atoms with E-state index < -0.39 is 10.0 Å². The topological polar surface area (TPSA) is 72.0 Å². The van der Waals surface area contributed by atoms with Crippen LogP contribution < -0.4 is 4.72 Å². The van der Waals surface area contributed by atoms with E-state index in [9.17, 15) is 8.42 Å². The second kappa shape index (κ2) is 3.53. The molecule has 2 heterocycles. The highest BCUT2D eigenvalue weighted by Crippen LogP contribution is 2.29. The molecule has 0 aromatic carbocycles. The molecule has 1 atom stereocenters. The molecule has 0 bridgehead atoms. The maximum Gasteiger partial charge on any atom is 0.259 e. The molecule has 0 radical (unpaired) electrons. The quantitative estimate of drug-likeness (QED) is 0.758. The summed E-state index contributed by atoms with van der Waals surface area (Å²) in [6.07, 6.45) is 2.94. The van der Waals surface area contributed by atoms with Crippen LogP contribution in [0, 0.1) is 5.92 Å². The zero-order chi connectivity index (χ0) is 11.1. The second-order valence-corrected chi connectivity index (χ2v) is 5.63. The molecule has 0 saturated heterocycles. The first-order valence-electron chi connectivity index (χ1n) is 4.83. The number of sulfonamides is 1. The molecular weight excluding hydrogens is 214 g/mol. The fourth-order valence-corrected chi connectivity index (χ4v) is 2.93. The number of aromatic nitrogens is 2. The number of fused-ring (bicyclic) bond motifs is 1. The number of nitrogens with zero attached hydrogens (tertiary/aromatic N) is 2. The van der Waals surface area contributed by atoms with Crippen molar-refractivity contribution in [2.45, 2.75) is 24.8 Å². The highest BCUT2D eigenvalue weighted by Gasteiger charge is 2.33. The summed E-state index contributed by atoms with van der Waals surface area (Å²) in [7, 11) is -3.43. The van der Waals surface area contributed by atoms with Crippen LogP contribution in [-0.4, -0.2) is 24.9 Å². The summed E-state index contributed by atoms with van der Waals surface area (Å²) in [6, 6.07) is 0. The molecule has 15 heavy (non-hydrogen) atoms. The van der Waals surface area contributed by atoms with Gasteiger partial charge in [-0.3, -0.25) is 4.98 Å². The highest BCUT2D eigenvalue weighted by atomic mass is 32.2. The fourth-order valence-electron chi connectivity index (χ4n) is 1.71. The van der Waals surface area contributed by atoms with E-state index in [2.05, 4.69) is 14.7 Å². The maximum atomic E-state index is 11.6. The Labute approximate surface area is 89.0 Å². The molecule has 0 fully saturated rings. The summed E-state index contributed by atoms with van der Waals surface area (Å²) in [4.78, 5) is 8.03. The summed E-state index contributed by atoms with van der Waals surface area (Å²) in [5.74, 6) is 0.445. The summed E-state index contributed by atoms with van der Waals surface area (Å²) in [5, 5.41) is 0.0787. The van der Waals surface area contributed by atoms with Crippen LogP contribution in [-0.2, 0) is 10.0 Å². The van der Waals surface area contributed by atoms with Crippen LogP contribution in [0.1, 0.15) is 25.5 Å². The Balaban J connectivity index is 2.59. The number of hydrogen-bond donors (Lipinski definition) is 1. The first-order valence-corrected chi connectivity index (χ1v) is 6.31. The average molecular weight is 227 g/mol. The van der Waals surface area contributed by atoms with Gasteiger partial charge in [0.25, 0.3) is 10.0 Å². The van der Waals surface area contributed by atoms with Gasteiger partial charge in [0.15, 0.2) is 5.03 Å². The lowest BCUT2D eigenvalue weighted by Crippen LogP contribution is -2.38. The van der Waals surface area contributed by atoms with Crippen molar-refractivity contribution >= 4 is 10.0 Å². The molecule has 1 aromatic heterocycles. The highest BCUT2D eigenvalue weighted by molar-refractivity contribution is 7.89. The molecule has 2 rings (SSSR count). The first kappa shape index (κ1) is 10.5. The Bertz CT molecular complexity index is 470. The van der Waals surface area contributed by atoms with E-state index in [0.717, 1.165) is 0 Å². The summed E-state index contributed by atoms with van der Waals surface area (Å²) < 4.78 is 25.8. The van der Waals surface area contributed by atoms with Crippen LogP contribution in [0.15, 0.2) is 17.4 Å². The van der Waals surface area contributed by atoms with Crippen molar-refractivity contribution in [3.63, 3.8) is 0 Å². The molecule has 1 aromatic rings. The average Bonchev–Trinajstić information content (AvgIpc) is 2.17. The lowest BCUT2D eigenvalue weighted by Gasteiger charge is -2.26. The van der Waals surface area contributed by atoms with Crippen LogP contribution in [0.4, 0.5) is 0 Å². The van der Waals surface area contributed by atoms with Crippen LogP contribution in [0.3, 0.4) is 0 Å². The minimum absolute atomic E-state index is 0.0787. The van der Waals surface area contributed by atoms with Gasteiger partial charge in [-0.05, 0) is 5.92 Å². The van der Waals surface area contributed by atoms with E-state index in [4.69, 9.17) is 0 Å². The van der Waals surface area contributed by atoms with Gasteiger partial charge in [0.2, 0.25) is 0 Å². The van der Waals surface area contributed by atoms with E-state index in [1.54, 1.807) is 0 Å². The Morgan fingerprint density at radius 1 is 1.40 bits per heavy atom. The van der Waals surface area contributed by atoms with Crippen LogP contribution in [0.5, 0.6) is 0 Å². The van der Waals surface area contributed by atoms with Crippen LogP contribution in [0.25, 0.3) is 0 Å². The molecule has 6 heteroatoms. The van der Waals surface area contributed by atoms with E-state index in [1.807, 2.05) is 13.8 Å². The summed E-state index contributed by atoms with van der Waals surface area (Å²) in [5.41, 5.74) is 0.589. The Kier molecular flexibility index (Phi) is 2.47. The van der Waals surface area contributed by atoms with Crippen molar-refractivity contribution in [1.29, 1.82) is 0 Å². The third kappa shape index (κ3) is 1.74. The molecule has 0 saturated carbocycles. The second-order valence-electron chi connectivity index (χ2n) is 3.95. The number of rotatable bonds is 1. The van der Waals surface area contributed by atoms with Gasteiger partial charge in [-0.25, -0.2) is 18.1 Å². The lowest BCUT2D eigenvalue weighted by molar-refractivity contribution is 0.448. The molecule has 0 aliphatic carbocycles. The van der Waals surface area contributed by atoms with Gasteiger partial charge in [0.1, 0.15) is 0 Å².